The van der Waals surface area contributed by atoms with Crippen molar-refractivity contribution < 1.29 is 17.9 Å². The summed E-state index contributed by atoms with van der Waals surface area (Å²) in [5.41, 5.74) is 0.662. The highest BCUT2D eigenvalue weighted by Crippen LogP contribution is 2.42. The maximum Gasteiger partial charge on any atom is 0.274 e. The zero-order valence-electron chi connectivity index (χ0n) is 12.3. The van der Waals surface area contributed by atoms with Gasteiger partial charge in [-0.1, -0.05) is 35.5 Å². The lowest BCUT2D eigenvalue weighted by Gasteiger charge is -2.25. The predicted molar refractivity (Wildman–Crippen MR) is 92.1 cm³/mol. The van der Waals surface area contributed by atoms with Crippen LogP contribution in [0.1, 0.15) is 0 Å². The van der Waals surface area contributed by atoms with E-state index in [-0.39, 0.29) is 29.4 Å². The first-order chi connectivity index (χ1) is 10.9. The number of nitrogens with zero attached hydrogens (tertiary/aromatic N) is 2. The van der Waals surface area contributed by atoms with E-state index in [1.54, 1.807) is 23.1 Å². The summed E-state index contributed by atoms with van der Waals surface area (Å²) in [7, 11) is -1.67. The standard InChI is InChI=1S/C14H15ClN2O4S2/c1-21-6-13(18)16-14-17(10-5-3-2-4-9(10)15)11-7-23(19,20)8-12(11)22-14/h2-5,11-12H,6-8H2,1H3/t11-,12+/m1/s1. The van der Waals surface area contributed by atoms with Gasteiger partial charge < -0.3 is 9.64 Å². The summed E-state index contributed by atoms with van der Waals surface area (Å²) >= 11 is 7.57. The summed E-state index contributed by atoms with van der Waals surface area (Å²) in [4.78, 5) is 17.7. The molecule has 2 aliphatic rings. The largest absolute Gasteiger partial charge is 0.375 e. The summed E-state index contributed by atoms with van der Waals surface area (Å²) < 4.78 is 28.7. The summed E-state index contributed by atoms with van der Waals surface area (Å²) in [6.45, 7) is -0.117. The average Bonchev–Trinajstić information content (AvgIpc) is 2.91. The molecule has 1 aromatic carbocycles. The SMILES string of the molecule is COCC(=O)N=C1S[C@H]2CS(=O)(=O)C[C@H]2N1c1ccccc1Cl. The number of benzene rings is 1. The maximum absolute atomic E-state index is 11.9. The molecule has 9 heteroatoms. The van der Waals surface area contributed by atoms with Crippen molar-refractivity contribution in [2.45, 2.75) is 11.3 Å². The Labute approximate surface area is 143 Å². The number of halogens is 1. The molecule has 0 aromatic heterocycles. The fraction of sp³-hybridized carbons (Fsp3) is 0.429. The molecule has 2 atom stereocenters. The summed E-state index contributed by atoms with van der Waals surface area (Å²) in [6.07, 6.45) is 0. The molecule has 2 saturated heterocycles. The van der Waals surface area contributed by atoms with E-state index in [2.05, 4.69) is 4.99 Å². The van der Waals surface area contributed by atoms with Crippen LogP contribution in [0.3, 0.4) is 0 Å². The molecular weight excluding hydrogens is 360 g/mol. The summed E-state index contributed by atoms with van der Waals surface area (Å²) in [6, 6.07) is 6.88. The maximum atomic E-state index is 11.9. The van der Waals surface area contributed by atoms with Crippen molar-refractivity contribution in [3.8, 4) is 0 Å². The number of amides is 1. The monoisotopic (exact) mass is 374 g/mol. The van der Waals surface area contributed by atoms with Gasteiger partial charge in [0.1, 0.15) is 6.61 Å². The Hall–Kier alpha value is -1.09. The molecule has 0 N–H and O–H groups in total. The van der Waals surface area contributed by atoms with Crippen molar-refractivity contribution in [1.82, 2.24) is 0 Å². The van der Waals surface area contributed by atoms with E-state index in [0.29, 0.717) is 15.9 Å². The molecule has 6 nitrogen and oxygen atoms in total. The van der Waals surface area contributed by atoms with Crippen LogP contribution in [0.4, 0.5) is 5.69 Å². The smallest absolute Gasteiger partial charge is 0.274 e. The molecule has 0 saturated carbocycles. The van der Waals surface area contributed by atoms with Gasteiger partial charge >= 0.3 is 0 Å². The molecule has 23 heavy (non-hydrogen) atoms. The van der Waals surface area contributed by atoms with E-state index in [4.69, 9.17) is 16.3 Å². The van der Waals surface area contributed by atoms with E-state index < -0.39 is 15.7 Å². The van der Waals surface area contributed by atoms with E-state index in [0.717, 1.165) is 0 Å². The molecule has 2 aliphatic heterocycles. The van der Waals surface area contributed by atoms with E-state index in [1.807, 2.05) is 6.07 Å². The highest BCUT2D eigenvalue weighted by Gasteiger charge is 2.49. The zero-order chi connectivity index (χ0) is 16.6. The first-order valence-corrected chi connectivity index (χ1v) is 10.0. The third-order valence-corrected chi connectivity index (χ3v) is 7.20. The van der Waals surface area contributed by atoms with Gasteiger partial charge in [0.25, 0.3) is 5.91 Å². The van der Waals surface area contributed by atoms with Gasteiger partial charge in [0.05, 0.1) is 28.3 Å². The van der Waals surface area contributed by atoms with E-state index >= 15 is 0 Å². The number of para-hydroxylation sites is 1. The Morgan fingerprint density at radius 2 is 2.17 bits per heavy atom. The van der Waals surface area contributed by atoms with Gasteiger partial charge in [-0.15, -0.1) is 0 Å². The zero-order valence-corrected chi connectivity index (χ0v) is 14.7. The number of carbonyl (C=O) groups excluding carboxylic acids is 1. The van der Waals surface area contributed by atoms with Crippen LogP contribution in [-0.4, -0.2) is 56.0 Å². The highest BCUT2D eigenvalue weighted by atomic mass is 35.5. The Balaban J connectivity index is 2.01. The molecule has 0 unspecified atom stereocenters. The number of sulfone groups is 1. The fourth-order valence-electron chi connectivity index (χ4n) is 2.76. The van der Waals surface area contributed by atoms with Gasteiger partial charge in [-0.2, -0.15) is 4.99 Å². The predicted octanol–water partition coefficient (Wildman–Crippen LogP) is 1.59. The Bertz CT molecular complexity index is 766. The lowest BCUT2D eigenvalue weighted by molar-refractivity contribution is -0.121. The molecule has 2 fully saturated rings. The fourth-order valence-corrected chi connectivity index (χ4v) is 6.91. The van der Waals surface area contributed by atoms with Crippen LogP contribution in [-0.2, 0) is 19.4 Å². The first kappa shape index (κ1) is 16.8. The number of thioether (sulfide) groups is 1. The molecular formula is C14H15ClN2O4S2. The van der Waals surface area contributed by atoms with E-state index in [9.17, 15) is 13.2 Å². The minimum absolute atomic E-state index is 0.0351. The van der Waals surface area contributed by atoms with Crippen LogP contribution in [0.2, 0.25) is 5.02 Å². The summed E-state index contributed by atoms with van der Waals surface area (Å²) in [5, 5.41) is 0.820. The lowest BCUT2D eigenvalue weighted by atomic mass is 10.2. The van der Waals surface area contributed by atoms with Gasteiger partial charge in [-0.25, -0.2) is 8.42 Å². The molecule has 1 amide bonds. The molecule has 1 aromatic rings. The van der Waals surface area contributed by atoms with Crippen LogP contribution in [0.5, 0.6) is 0 Å². The lowest BCUT2D eigenvalue weighted by Crippen LogP contribution is -2.38. The van der Waals surface area contributed by atoms with Crippen molar-refractivity contribution in [3.05, 3.63) is 29.3 Å². The second-order valence-corrected chi connectivity index (χ2v) is 9.11. The quantitative estimate of drug-likeness (QED) is 0.799. The van der Waals surface area contributed by atoms with Gasteiger partial charge in [-0.05, 0) is 12.1 Å². The molecule has 0 bridgehead atoms. The number of rotatable bonds is 3. The van der Waals surface area contributed by atoms with Crippen LogP contribution in [0.15, 0.2) is 29.3 Å². The number of aliphatic imine (C=N–C) groups is 1. The normalized spacial score (nSPS) is 27.4. The number of amidine groups is 1. The third-order valence-electron chi connectivity index (χ3n) is 3.67. The second-order valence-electron chi connectivity index (χ2n) is 5.34. The van der Waals surface area contributed by atoms with Crippen LogP contribution in [0, 0.1) is 0 Å². The van der Waals surface area contributed by atoms with Crippen molar-refractivity contribution in [1.29, 1.82) is 0 Å². The molecule has 2 heterocycles. The molecule has 3 rings (SSSR count). The molecule has 0 aliphatic carbocycles. The van der Waals surface area contributed by atoms with Crippen molar-refractivity contribution >= 4 is 50.0 Å². The number of hydrogen-bond acceptors (Lipinski definition) is 5. The number of hydrogen-bond donors (Lipinski definition) is 0. The van der Waals surface area contributed by atoms with Gasteiger partial charge in [0, 0.05) is 12.4 Å². The third kappa shape index (κ3) is 3.40. The van der Waals surface area contributed by atoms with Crippen LogP contribution in [0.25, 0.3) is 0 Å². The van der Waals surface area contributed by atoms with Crippen molar-refractivity contribution in [2.24, 2.45) is 4.99 Å². The van der Waals surface area contributed by atoms with E-state index in [1.165, 1.54) is 18.9 Å². The number of fused-ring (bicyclic) bond motifs is 1. The molecule has 124 valence electrons. The minimum Gasteiger partial charge on any atom is -0.375 e. The minimum atomic E-state index is -3.09. The second kappa shape index (κ2) is 6.43. The Morgan fingerprint density at radius 3 is 2.87 bits per heavy atom. The number of methoxy groups -OCH3 is 1. The van der Waals surface area contributed by atoms with Crippen LogP contribution < -0.4 is 4.90 Å². The average molecular weight is 375 g/mol. The van der Waals surface area contributed by atoms with Crippen molar-refractivity contribution in [2.75, 3.05) is 30.1 Å². The topological polar surface area (TPSA) is 76.0 Å². The molecule has 0 radical (unpaired) electrons. The van der Waals surface area contributed by atoms with Crippen molar-refractivity contribution in [3.63, 3.8) is 0 Å². The van der Waals surface area contributed by atoms with Gasteiger partial charge in [-0.3, -0.25) is 4.79 Å². The first-order valence-electron chi connectivity index (χ1n) is 6.92. The summed E-state index contributed by atoms with van der Waals surface area (Å²) in [5.74, 6) is -0.288. The Morgan fingerprint density at radius 1 is 1.43 bits per heavy atom. The Kier molecular flexibility index (Phi) is 4.68. The van der Waals surface area contributed by atoms with Gasteiger partial charge in [0.2, 0.25) is 0 Å². The van der Waals surface area contributed by atoms with Gasteiger partial charge in [0.15, 0.2) is 15.0 Å². The van der Waals surface area contributed by atoms with Crippen LogP contribution >= 0.6 is 23.4 Å². The number of carbonyl (C=O) groups is 1. The number of ether oxygens (including phenoxy) is 1. The number of anilines is 1. The molecule has 0 spiro atoms. The highest BCUT2D eigenvalue weighted by molar-refractivity contribution is 8.16.